The Kier molecular flexibility index (Phi) is 7.04. The Balaban J connectivity index is 1.82. The van der Waals surface area contributed by atoms with Crippen LogP contribution in [-0.4, -0.2) is 10.4 Å². The fraction of sp³-hybridized carbons (Fsp3) is 0.208. The number of nitrogens with two attached hydrogens (primary N) is 1. The van der Waals surface area contributed by atoms with Crippen molar-refractivity contribution in [3.8, 4) is 0 Å². The molecule has 144 valence electrons. The number of rotatable bonds is 7. The molecule has 2 aromatic heterocycles. The highest BCUT2D eigenvalue weighted by atomic mass is 32.1. The first-order valence-corrected chi connectivity index (χ1v) is 10.5. The van der Waals surface area contributed by atoms with E-state index in [0.717, 1.165) is 24.2 Å². The van der Waals surface area contributed by atoms with Crippen LogP contribution in [0.25, 0.3) is 12.2 Å². The summed E-state index contributed by atoms with van der Waals surface area (Å²) < 4.78 is 2.28. The Morgan fingerprint density at radius 2 is 2.04 bits per heavy atom. The van der Waals surface area contributed by atoms with E-state index < -0.39 is 0 Å². The molecule has 4 heteroatoms. The number of benzene rings is 1. The maximum atomic E-state index is 6.21. The molecule has 2 heterocycles. The lowest BCUT2D eigenvalue weighted by atomic mass is 10.2. The second-order valence-corrected chi connectivity index (χ2v) is 7.59. The molecule has 0 unspecified atom stereocenters. The summed E-state index contributed by atoms with van der Waals surface area (Å²) in [5.74, 6) is 0.554. The standard InChI is InChI=1S/C24H27N3S/c1-3-5-6-10-13-23-19(4-2)14-15-27(23)17-22-16-20(18-28-22)24(25)26-21-11-8-7-9-12-21/h4,6-16,18H,3,5,17H2,1-2H3,(H2,25,26)/b10-6-,19-4-,23-13+. The second-order valence-electron chi connectivity index (χ2n) is 6.59. The third-order valence-electron chi connectivity index (χ3n) is 4.48. The molecular weight excluding hydrogens is 362 g/mol. The Hall–Kier alpha value is -2.85. The summed E-state index contributed by atoms with van der Waals surface area (Å²) in [6, 6.07) is 14.1. The largest absolute Gasteiger partial charge is 0.383 e. The third-order valence-corrected chi connectivity index (χ3v) is 5.40. The SMILES string of the molecule is C/C=c1/ccn(Cc2cc(C(N)=Nc3ccccc3)cs2)/c1=C/C=C\CCC. The van der Waals surface area contributed by atoms with E-state index in [4.69, 9.17) is 5.73 Å². The number of hydrogen-bond donors (Lipinski definition) is 1. The van der Waals surface area contributed by atoms with E-state index in [2.05, 4.69) is 71.4 Å². The molecule has 3 aromatic rings. The van der Waals surface area contributed by atoms with Gasteiger partial charge in [-0.15, -0.1) is 11.3 Å². The molecule has 0 radical (unpaired) electrons. The topological polar surface area (TPSA) is 43.3 Å². The van der Waals surface area contributed by atoms with Gasteiger partial charge in [-0.1, -0.05) is 49.8 Å². The number of hydrogen-bond acceptors (Lipinski definition) is 2. The van der Waals surface area contributed by atoms with Gasteiger partial charge in [0.25, 0.3) is 0 Å². The Labute approximate surface area is 170 Å². The van der Waals surface area contributed by atoms with Gasteiger partial charge in [0.2, 0.25) is 0 Å². The van der Waals surface area contributed by atoms with Crippen molar-refractivity contribution >= 4 is 35.0 Å². The van der Waals surface area contributed by atoms with Crippen LogP contribution >= 0.6 is 11.3 Å². The molecule has 0 amide bonds. The van der Waals surface area contributed by atoms with Gasteiger partial charge in [0.1, 0.15) is 5.84 Å². The van der Waals surface area contributed by atoms with Gasteiger partial charge >= 0.3 is 0 Å². The van der Waals surface area contributed by atoms with E-state index in [0.29, 0.717) is 5.84 Å². The number of aliphatic imine (C=N–C) groups is 1. The van der Waals surface area contributed by atoms with Crippen LogP contribution in [0.15, 0.2) is 71.2 Å². The first kappa shape index (κ1) is 19.9. The van der Waals surface area contributed by atoms with Gasteiger partial charge in [-0.25, -0.2) is 4.99 Å². The molecule has 0 saturated carbocycles. The molecular formula is C24H27N3S. The fourth-order valence-corrected chi connectivity index (χ4v) is 3.85. The molecule has 2 N–H and O–H groups in total. The average molecular weight is 390 g/mol. The van der Waals surface area contributed by atoms with Gasteiger partial charge in [-0.2, -0.15) is 0 Å². The molecule has 0 aliphatic rings. The van der Waals surface area contributed by atoms with Crippen molar-refractivity contribution in [2.24, 2.45) is 10.7 Å². The van der Waals surface area contributed by atoms with Gasteiger partial charge in [0, 0.05) is 27.4 Å². The smallest absolute Gasteiger partial charge is 0.132 e. The highest BCUT2D eigenvalue weighted by molar-refractivity contribution is 7.10. The molecule has 0 saturated heterocycles. The van der Waals surface area contributed by atoms with E-state index in [1.807, 2.05) is 30.3 Å². The molecule has 0 atom stereocenters. The minimum absolute atomic E-state index is 0.554. The molecule has 0 bridgehead atoms. The van der Waals surface area contributed by atoms with Gasteiger partial charge in [-0.05, 0) is 48.9 Å². The van der Waals surface area contributed by atoms with E-state index in [-0.39, 0.29) is 0 Å². The molecule has 3 nitrogen and oxygen atoms in total. The summed E-state index contributed by atoms with van der Waals surface area (Å²) in [7, 11) is 0. The zero-order chi connectivity index (χ0) is 19.8. The number of aromatic nitrogens is 1. The minimum atomic E-state index is 0.554. The fourth-order valence-electron chi connectivity index (χ4n) is 2.97. The van der Waals surface area contributed by atoms with Crippen molar-refractivity contribution in [1.29, 1.82) is 0 Å². The van der Waals surface area contributed by atoms with E-state index in [9.17, 15) is 0 Å². The van der Waals surface area contributed by atoms with Crippen LogP contribution in [0.3, 0.4) is 0 Å². The predicted molar refractivity (Wildman–Crippen MR) is 123 cm³/mol. The monoisotopic (exact) mass is 389 g/mol. The van der Waals surface area contributed by atoms with Gasteiger partial charge in [0.15, 0.2) is 0 Å². The van der Waals surface area contributed by atoms with Gasteiger partial charge < -0.3 is 10.3 Å². The maximum Gasteiger partial charge on any atom is 0.132 e. The van der Waals surface area contributed by atoms with E-state index >= 15 is 0 Å². The molecule has 0 aliphatic heterocycles. The van der Waals surface area contributed by atoms with Crippen LogP contribution in [0.4, 0.5) is 5.69 Å². The molecule has 3 rings (SSSR count). The van der Waals surface area contributed by atoms with Gasteiger partial charge in [-0.3, -0.25) is 0 Å². The lowest BCUT2D eigenvalue weighted by Crippen LogP contribution is -2.28. The van der Waals surface area contributed by atoms with Gasteiger partial charge in [0.05, 0.1) is 12.2 Å². The highest BCUT2D eigenvalue weighted by Gasteiger charge is 2.05. The Bertz CT molecular complexity index is 1070. The number of para-hydroxylation sites is 1. The summed E-state index contributed by atoms with van der Waals surface area (Å²) >= 11 is 1.72. The van der Waals surface area contributed by atoms with Crippen molar-refractivity contribution in [1.82, 2.24) is 4.57 Å². The number of nitrogens with zero attached hydrogens (tertiary/aromatic N) is 2. The number of allylic oxidation sites excluding steroid dienone is 2. The van der Waals surface area contributed by atoms with Crippen molar-refractivity contribution in [3.05, 3.63) is 87.2 Å². The van der Waals surface area contributed by atoms with E-state index in [1.54, 1.807) is 11.3 Å². The van der Waals surface area contributed by atoms with Crippen LogP contribution in [0, 0.1) is 0 Å². The summed E-state index contributed by atoms with van der Waals surface area (Å²) in [5, 5.41) is 4.57. The quantitative estimate of drug-likeness (QED) is 0.467. The summed E-state index contributed by atoms with van der Waals surface area (Å²) in [4.78, 5) is 5.77. The summed E-state index contributed by atoms with van der Waals surface area (Å²) in [6.07, 6.45) is 13.2. The number of thiophene rings is 1. The minimum Gasteiger partial charge on any atom is -0.383 e. The number of amidine groups is 1. The summed E-state index contributed by atoms with van der Waals surface area (Å²) in [5.41, 5.74) is 8.06. The molecule has 0 fully saturated rings. The lowest BCUT2D eigenvalue weighted by Gasteiger charge is -2.01. The third kappa shape index (κ3) is 5.11. The Morgan fingerprint density at radius 1 is 1.21 bits per heavy atom. The lowest BCUT2D eigenvalue weighted by molar-refractivity contribution is 0.790. The second kappa shape index (κ2) is 9.90. The van der Waals surface area contributed by atoms with Crippen LogP contribution in [0.5, 0.6) is 0 Å². The van der Waals surface area contributed by atoms with Crippen LogP contribution < -0.4 is 16.3 Å². The normalized spacial score (nSPS) is 13.7. The molecule has 0 aliphatic carbocycles. The first-order chi connectivity index (χ1) is 13.7. The average Bonchev–Trinajstić information content (AvgIpc) is 3.33. The van der Waals surface area contributed by atoms with Crippen LogP contribution in [0.1, 0.15) is 37.1 Å². The van der Waals surface area contributed by atoms with Crippen molar-refractivity contribution in [3.63, 3.8) is 0 Å². The highest BCUT2D eigenvalue weighted by Crippen LogP contribution is 2.17. The maximum absolute atomic E-state index is 6.21. The van der Waals surface area contributed by atoms with Crippen molar-refractivity contribution < 1.29 is 0 Å². The van der Waals surface area contributed by atoms with Crippen molar-refractivity contribution in [2.75, 3.05) is 0 Å². The molecule has 1 aromatic carbocycles. The van der Waals surface area contributed by atoms with Crippen LogP contribution in [0.2, 0.25) is 0 Å². The zero-order valence-electron chi connectivity index (χ0n) is 16.5. The van der Waals surface area contributed by atoms with Crippen molar-refractivity contribution in [2.45, 2.75) is 33.2 Å². The zero-order valence-corrected chi connectivity index (χ0v) is 17.3. The molecule has 28 heavy (non-hydrogen) atoms. The molecule has 0 spiro atoms. The number of unbranched alkanes of at least 4 members (excludes halogenated alkanes) is 1. The Morgan fingerprint density at radius 3 is 2.79 bits per heavy atom. The predicted octanol–water partition coefficient (Wildman–Crippen LogP) is 4.57. The van der Waals surface area contributed by atoms with Crippen LogP contribution in [-0.2, 0) is 6.54 Å². The van der Waals surface area contributed by atoms with E-state index in [1.165, 1.54) is 21.9 Å². The first-order valence-electron chi connectivity index (χ1n) is 9.66. The summed E-state index contributed by atoms with van der Waals surface area (Å²) in [6.45, 7) is 5.10.